The summed E-state index contributed by atoms with van der Waals surface area (Å²) >= 11 is 0. The first-order chi connectivity index (χ1) is 13.9. The molecule has 146 valence electrons. The predicted octanol–water partition coefficient (Wildman–Crippen LogP) is 5.41. The highest BCUT2D eigenvalue weighted by molar-refractivity contribution is 6.05. The molecule has 1 amide bonds. The zero-order valence-corrected chi connectivity index (χ0v) is 17.1. The third kappa shape index (κ3) is 3.90. The van der Waals surface area contributed by atoms with Crippen LogP contribution in [0.1, 0.15) is 46.8 Å². The van der Waals surface area contributed by atoms with Crippen LogP contribution < -0.4 is 5.32 Å². The first-order valence-corrected chi connectivity index (χ1v) is 9.77. The van der Waals surface area contributed by atoms with Gasteiger partial charge in [-0.15, -0.1) is 10.2 Å². The summed E-state index contributed by atoms with van der Waals surface area (Å²) in [5, 5.41) is 12.2. The molecule has 5 heteroatoms. The van der Waals surface area contributed by atoms with Crippen molar-refractivity contribution in [1.29, 1.82) is 0 Å². The quantitative estimate of drug-likeness (QED) is 0.511. The maximum atomic E-state index is 12.6. The Hall–Kier alpha value is -3.47. The van der Waals surface area contributed by atoms with Gasteiger partial charge in [0.15, 0.2) is 0 Å². The number of benzene rings is 3. The molecule has 4 aromatic rings. The van der Waals surface area contributed by atoms with E-state index in [1.165, 1.54) is 5.56 Å². The Bertz CT molecular complexity index is 1190. The van der Waals surface area contributed by atoms with Gasteiger partial charge in [0.2, 0.25) is 0 Å². The standard InChI is InChI=1S/C24H24N4O/c1-15(2)18-8-10-20(11-9-18)28-26-22-13-17(4)21(14-23(22)27-28)25-24(29)19-7-5-6-16(3)12-19/h5-15H,1-4H3,(H,25,29). The summed E-state index contributed by atoms with van der Waals surface area (Å²) in [4.78, 5) is 14.3. The highest BCUT2D eigenvalue weighted by atomic mass is 16.1. The molecule has 0 aliphatic carbocycles. The number of nitrogens with zero attached hydrogens (tertiary/aromatic N) is 3. The molecule has 3 aromatic carbocycles. The molecular weight excluding hydrogens is 360 g/mol. The molecule has 0 fully saturated rings. The molecule has 5 nitrogen and oxygen atoms in total. The van der Waals surface area contributed by atoms with Crippen LogP contribution in [0.15, 0.2) is 60.7 Å². The number of anilines is 1. The van der Waals surface area contributed by atoms with Gasteiger partial charge in [-0.2, -0.15) is 4.80 Å². The van der Waals surface area contributed by atoms with Gasteiger partial charge in [-0.1, -0.05) is 43.7 Å². The summed E-state index contributed by atoms with van der Waals surface area (Å²) in [6.07, 6.45) is 0. The van der Waals surface area contributed by atoms with E-state index in [1.807, 2.05) is 62.4 Å². The number of hydrogen-bond donors (Lipinski definition) is 1. The molecule has 0 bridgehead atoms. The number of aryl methyl sites for hydroxylation is 2. The van der Waals surface area contributed by atoms with Crippen LogP contribution in [0.4, 0.5) is 5.69 Å². The summed E-state index contributed by atoms with van der Waals surface area (Å²) in [6.45, 7) is 8.28. The van der Waals surface area contributed by atoms with E-state index < -0.39 is 0 Å². The molecule has 0 aliphatic heterocycles. The summed E-state index contributed by atoms with van der Waals surface area (Å²) in [5.41, 5.74) is 7.10. The fourth-order valence-electron chi connectivity index (χ4n) is 3.29. The average Bonchev–Trinajstić information content (AvgIpc) is 3.11. The van der Waals surface area contributed by atoms with Crippen LogP contribution in [0, 0.1) is 13.8 Å². The second kappa shape index (κ2) is 7.51. The second-order valence-corrected chi connectivity index (χ2v) is 7.72. The van der Waals surface area contributed by atoms with Gasteiger partial charge in [0.25, 0.3) is 5.91 Å². The van der Waals surface area contributed by atoms with Crippen molar-refractivity contribution in [2.75, 3.05) is 5.32 Å². The van der Waals surface area contributed by atoms with E-state index in [4.69, 9.17) is 0 Å². The average molecular weight is 384 g/mol. The lowest BCUT2D eigenvalue weighted by molar-refractivity contribution is 0.102. The number of hydrogen-bond acceptors (Lipinski definition) is 3. The smallest absolute Gasteiger partial charge is 0.255 e. The maximum Gasteiger partial charge on any atom is 0.255 e. The van der Waals surface area contributed by atoms with Crippen molar-refractivity contribution in [3.63, 3.8) is 0 Å². The number of rotatable bonds is 4. The molecule has 0 unspecified atom stereocenters. The van der Waals surface area contributed by atoms with Crippen molar-refractivity contribution in [3.05, 3.63) is 82.9 Å². The molecule has 0 saturated carbocycles. The van der Waals surface area contributed by atoms with Crippen molar-refractivity contribution in [2.45, 2.75) is 33.6 Å². The Kier molecular flexibility index (Phi) is 4.89. The van der Waals surface area contributed by atoms with E-state index in [9.17, 15) is 4.79 Å². The van der Waals surface area contributed by atoms with E-state index >= 15 is 0 Å². The zero-order chi connectivity index (χ0) is 20.5. The molecule has 29 heavy (non-hydrogen) atoms. The Labute approximate surface area is 170 Å². The van der Waals surface area contributed by atoms with Gasteiger partial charge >= 0.3 is 0 Å². The van der Waals surface area contributed by atoms with Crippen LogP contribution in [0.5, 0.6) is 0 Å². The minimum atomic E-state index is -0.132. The number of fused-ring (bicyclic) bond motifs is 1. The van der Waals surface area contributed by atoms with Crippen molar-refractivity contribution < 1.29 is 4.79 Å². The highest BCUT2D eigenvalue weighted by Crippen LogP contribution is 2.23. The zero-order valence-electron chi connectivity index (χ0n) is 17.1. The van der Waals surface area contributed by atoms with Gasteiger partial charge in [-0.25, -0.2) is 0 Å². The van der Waals surface area contributed by atoms with Gasteiger partial charge in [0, 0.05) is 11.3 Å². The van der Waals surface area contributed by atoms with E-state index in [1.54, 1.807) is 4.80 Å². The first-order valence-electron chi connectivity index (χ1n) is 9.77. The molecule has 0 saturated heterocycles. The van der Waals surface area contributed by atoms with Gasteiger partial charge in [0.05, 0.1) is 5.69 Å². The minimum Gasteiger partial charge on any atom is -0.322 e. The van der Waals surface area contributed by atoms with Crippen LogP contribution >= 0.6 is 0 Å². The number of carbonyl (C=O) groups is 1. The van der Waals surface area contributed by atoms with E-state index in [0.29, 0.717) is 11.5 Å². The van der Waals surface area contributed by atoms with Crippen molar-refractivity contribution >= 4 is 22.6 Å². The van der Waals surface area contributed by atoms with Crippen LogP contribution in [-0.4, -0.2) is 20.9 Å². The number of nitrogens with one attached hydrogen (secondary N) is 1. The highest BCUT2D eigenvalue weighted by Gasteiger charge is 2.12. The third-order valence-electron chi connectivity index (χ3n) is 5.05. The fourth-order valence-corrected chi connectivity index (χ4v) is 3.29. The lowest BCUT2D eigenvalue weighted by Gasteiger charge is -2.08. The Morgan fingerprint density at radius 1 is 0.931 bits per heavy atom. The molecule has 1 heterocycles. The lowest BCUT2D eigenvalue weighted by Crippen LogP contribution is -2.12. The normalized spacial score (nSPS) is 11.2. The van der Waals surface area contributed by atoms with E-state index in [0.717, 1.165) is 33.5 Å². The Morgan fingerprint density at radius 3 is 2.28 bits per heavy atom. The topological polar surface area (TPSA) is 59.8 Å². The van der Waals surface area contributed by atoms with Crippen molar-refractivity contribution in [3.8, 4) is 5.69 Å². The van der Waals surface area contributed by atoms with Crippen molar-refractivity contribution in [2.24, 2.45) is 0 Å². The lowest BCUT2D eigenvalue weighted by atomic mass is 10.0. The molecule has 0 atom stereocenters. The molecular formula is C24H24N4O. The van der Waals surface area contributed by atoms with Gasteiger partial charge in [0.1, 0.15) is 11.0 Å². The summed E-state index contributed by atoms with van der Waals surface area (Å²) in [6, 6.07) is 19.6. The van der Waals surface area contributed by atoms with E-state index in [-0.39, 0.29) is 5.91 Å². The number of amides is 1. The van der Waals surface area contributed by atoms with Gasteiger partial charge in [-0.3, -0.25) is 4.79 Å². The van der Waals surface area contributed by atoms with Crippen LogP contribution in [0.25, 0.3) is 16.7 Å². The van der Waals surface area contributed by atoms with Crippen LogP contribution in [0.2, 0.25) is 0 Å². The largest absolute Gasteiger partial charge is 0.322 e. The van der Waals surface area contributed by atoms with Gasteiger partial charge < -0.3 is 5.32 Å². The number of carbonyl (C=O) groups excluding carboxylic acids is 1. The van der Waals surface area contributed by atoms with Crippen LogP contribution in [-0.2, 0) is 0 Å². The summed E-state index contributed by atoms with van der Waals surface area (Å²) in [5.74, 6) is 0.351. The Morgan fingerprint density at radius 2 is 1.62 bits per heavy atom. The molecule has 0 radical (unpaired) electrons. The molecule has 1 aromatic heterocycles. The molecule has 0 spiro atoms. The first kappa shape index (κ1) is 18.9. The minimum absolute atomic E-state index is 0.132. The predicted molar refractivity (Wildman–Crippen MR) is 117 cm³/mol. The Balaban J connectivity index is 1.64. The second-order valence-electron chi connectivity index (χ2n) is 7.72. The molecule has 0 aliphatic rings. The SMILES string of the molecule is Cc1cccc(C(=O)Nc2cc3nn(-c4ccc(C(C)C)cc4)nc3cc2C)c1. The van der Waals surface area contributed by atoms with Gasteiger partial charge in [-0.05, 0) is 67.3 Å². The van der Waals surface area contributed by atoms with Crippen LogP contribution in [0.3, 0.4) is 0 Å². The molecule has 4 rings (SSSR count). The fraction of sp³-hybridized carbons (Fsp3) is 0.208. The summed E-state index contributed by atoms with van der Waals surface area (Å²) in [7, 11) is 0. The van der Waals surface area contributed by atoms with E-state index in [2.05, 4.69) is 41.5 Å². The van der Waals surface area contributed by atoms with Crippen molar-refractivity contribution in [1.82, 2.24) is 15.0 Å². The third-order valence-corrected chi connectivity index (χ3v) is 5.05. The monoisotopic (exact) mass is 384 g/mol. The maximum absolute atomic E-state index is 12.6. The summed E-state index contributed by atoms with van der Waals surface area (Å²) < 4.78 is 0. The molecule has 1 N–H and O–H groups in total. The number of aromatic nitrogens is 3.